The van der Waals surface area contributed by atoms with Crippen molar-refractivity contribution in [2.24, 2.45) is 4.99 Å². The molecule has 0 saturated heterocycles. The van der Waals surface area contributed by atoms with Crippen LogP contribution in [-0.2, 0) is 6.42 Å². The minimum Gasteiger partial charge on any atom is -0.287 e. The number of nitrogens with zero attached hydrogens (tertiary/aromatic N) is 1. The van der Waals surface area contributed by atoms with Crippen LogP contribution in [0.1, 0.15) is 28.8 Å². The summed E-state index contributed by atoms with van der Waals surface area (Å²) in [5.74, 6) is 0.0322. The Bertz CT molecular complexity index is 591. The lowest BCUT2D eigenvalue weighted by Gasteiger charge is -2.15. The van der Waals surface area contributed by atoms with Gasteiger partial charge in [0.2, 0.25) is 5.78 Å². The summed E-state index contributed by atoms with van der Waals surface area (Å²) in [7, 11) is 0. The average molecular weight is 325 g/mol. The molecule has 0 saturated carbocycles. The van der Waals surface area contributed by atoms with E-state index in [1.807, 2.05) is 12.1 Å². The Morgan fingerprint density at radius 1 is 1.33 bits per heavy atom. The third kappa shape index (κ3) is 2.06. The van der Waals surface area contributed by atoms with Gasteiger partial charge in [-0.2, -0.15) is 0 Å². The highest BCUT2D eigenvalue weighted by molar-refractivity contribution is 9.10. The second-order valence-corrected chi connectivity index (χ2v) is 6.19. The van der Waals surface area contributed by atoms with Gasteiger partial charge >= 0.3 is 0 Å². The summed E-state index contributed by atoms with van der Waals surface area (Å²) >= 11 is 9.52. The normalized spacial score (nSPS) is 22.6. The molecule has 0 spiro atoms. The molecular weight excluding hydrogens is 314 g/mol. The van der Waals surface area contributed by atoms with Crippen LogP contribution < -0.4 is 0 Å². The Balaban J connectivity index is 2.08. The molecule has 1 aromatic rings. The van der Waals surface area contributed by atoms with Crippen molar-refractivity contribution in [1.29, 1.82) is 0 Å². The van der Waals surface area contributed by atoms with Crippen molar-refractivity contribution in [3.05, 3.63) is 45.6 Å². The van der Waals surface area contributed by atoms with E-state index in [4.69, 9.17) is 11.6 Å². The summed E-state index contributed by atoms with van der Waals surface area (Å²) in [6.07, 6.45) is 4.41. The third-order valence-corrected chi connectivity index (χ3v) is 4.16. The molecule has 0 N–H and O–H groups in total. The van der Waals surface area contributed by atoms with E-state index in [1.165, 1.54) is 0 Å². The maximum atomic E-state index is 12.5. The minimum atomic E-state index is 0.0322. The molecule has 4 heteroatoms. The first-order valence-corrected chi connectivity index (χ1v) is 7.18. The van der Waals surface area contributed by atoms with Gasteiger partial charge in [-0.05, 0) is 48.6 Å². The van der Waals surface area contributed by atoms with Crippen LogP contribution in [0.15, 0.2) is 34.5 Å². The lowest BCUT2D eigenvalue weighted by molar-refractivity contribution is 0.103. The zero-order valence-electron chi connectivity index (χ0n) is 9.62. The van der Waals surface area contributed by atoms with Crippen molar-refractivity contribution < 1.29 is 4.79 Å². The maximum Gasteiger partial charge on any atom is 0.211 e. The van der Waals surface area contributed by atoms with Gasteiger partial charge in [0.1, 0.15) is 5.70 Å². The van der Waals surface area contributed by atoms with E-state index in [1.54, 1.807) is 12.3 Å². The SMILES string of the molecule is O=C1C2=C(CCc3cc(Cl)ccc31)CC(Br)C=N2. The van der Waals surface area contributed by atoms with Gasteiger partial charge in [0.05, 0.1) is 4.83 Å². The number of benzene rings is 1. The van der Waals surface area contributed by atoms with Crippen LogP contribution in [0.2, 0.25) is 5.02 Å². The zero-order valence-corrected chi connectivity index (χ0v) is 12.0. The van der Waals surface area contributed by atoms with Crippen molar-refractivity contribution in [3.8, 4) is 0 Å². The number of fused-ring (bicyclic) bond motifs is 1. The maximum absolute atomic E-state index is 12.5. The topological polar surface area (TPSA) is 29.4 Å². The van der Waals surface area contributed by atoms with Crippen LogP contribution >= 0.6 is 27.5 Å². The van der Waals surface area contributed by atoms with Crippen molar-refractivity contribution in [2.45, 2.75) is 24.1 Å². The number of carbonyl (C=O) groups is 1. The van der Waals surface area contributed by atoms with E-state index >= 15 is 0 Å². The number of alkyl halides is 1. The minimum absolute atomic E-state index is 0.0322. The predicted molar refractivity (Wildman–Crippen MR) is 77.0 cm³/mol. The van der Waals surface area contributed by atoms with Crippen molar-refractivity contribution in [1.82, 2.24) is 0 Å². The fraction of sp³-hybridized carbons (Fsp3) is 0.286. The van der Waals surface area contributed by atoms with Gasteiger partial charge in [0.15, 0.2) is 0 Å². The fourth-order valence-electron chi connectivity index (χ4n) is 2.47. The molecule has 0 aromatic heterocycles. The van der Waals surface area contributed by atoms with Gasteiger partial charge in [-0.1, -0.05) is 27.5 Å². The molecule has 1 aliphatic heterocycles. The number of Topliss-reactive ketones (excluding diaryl/α,β-unsaturated/α-hetero) is 1. The molecule has 1 atom stereocenters. The van der Waals surface area contributed by atoms with Crippen LogP contribution in [0.25, 0.3) is 0 Å². The molecule has 2 nitrogen and oxygen atoms in total. The summed E-state index contributed by atoms with van der Waals surface area (Å²) in [6, 6.07) is 5.47. The molecule has 1 unspecified atom stereocenters. The quantitative estimate of drug-likeness (QED) is 0.664. The first kappa shape index (κ1) is 12.1. The zero-order chi connectivity index (χ0) is 12.7. The van der Waals surface area contributed by atoms with E-state index in [9.17, 15) is 4.79 Å². The highest BCUT2D eigenvalue weighted by Gasteiger charge is 2.26. The number of hydrogen-bond acceptors (Lipinski definition) is 2. The van der Waals surface area contributed by atoms with Crippen LogP contribution in [0.5, 0.6) is 0 Å². The number of halogens is 2. The van der Waals surface area contributed by atoms with E-state index in [0.29, 0.717) is 10.7 Å². The molecule has 0 fully saturated rings. The lowest BCUT2D eigenvalue weighted by Crippen LogP contribution is -2.13. The van der Waals surface area contributed by atoms with Crippen LogP contribution in [0, 0.1) is 0 Å². The van der Waals surface area contributed by atoms with E-state index < -0.39 is 0 Å². The standard InChI is InChI=1S/C14H11BrClNO/c15-10-5-9-2-1-8-6-11(16)3-4-12(8)14(18)13(9)17-7-10/h3-4,6-7,10H,1-2,5H2. The smallest absolute Gasteiger partial charge is 0.211 e. The third-order valence-electron chi connectivity index (χ3n) is 3.36. The summed E-state index contributed by atoms with van der Waals surface area (Å²) in [4.78, 5) is 17.0. The average Bonchev–Trinajstić information content (AvgIpc) is 2.47. The first-order chi connectivity index (χ1) is 8.65. The van der Waals surface area contributed by atoms with Gasteiger partial charge in [0, 0.05) is 16.8 Å². The number of carbonyl (C=O) groups excluding carboxylic acids is 1. The van der Waals surface area contributed by atoms with Gasteiger partial charge in [-0.3, -0.25) is 9.79 Å². The second-order valence-electron chi connectivity index (χ2n) is 4.58. The summed E-state index contributed by atoms with van der Waals surface area (Å²) in [5, 5.41) is 0.684. The molecule has 0 bridgehead atoms. The molecule has 1 aromatic carbocycles. The van der Waals surface area contributed by atoms with Crippen molar-refractivity contribution in [3.63, 3.8) is 0 Å². The number of hydrogen-bond donors (Lipinski definition) is 0. The highest BCUT2D eigenvalue weighted by Crippen LogP contribution is 2.32. The van der Waals surface area contributed by atoms with Gasteiger partial charge in [0.25, 0.3) is 0 Å². The molecule has 18 heavy (non-hydrogen) atoms. The Morgan fingerprint density at radius 2 is 2.17 bits per heavy atom. The number of allylic oxidation sites excluding steroid dienone is 2. The molecule has 0 radical (unpaired) electrons. The summed E-state index contributed by atoms with van der Waals surface area (Å²) < 4.78 is 0. The molecule has 2 aliphatic rings. The number of aliphatic imine (C=N–C) groups is 1. The fourth-order valence-corrected chi connectivity index (χ4v) is 3.18. The Kier molecular flexibility index (Phi) is 3.12. The van der Waals surface area contributed by atoms with Crippen molar-refractivity contribution in [2.75, 3.05) is 0 Å². The largest absolute Gasteiger partial charge is 0.287 e. The van der Waals surface area contributed by atoms with Gasteiger partial charge in [-0.15, -0.1) is 0 Å². The predicted octanol–water partition coefficient (Wildman–Crippen LogP) is 3.96. The Hall–Kier alpha value is -0.930. The van der Waals surface area contributed by atoms with E-state index in [2.05, 4.69) is 20.9 Å². The lowest BCUT2D eigenvalue weighted by atomic mass is 10.0. The molecule has 1 heterocycles. The number of ketones is 1. The van der Waals surface area contributed by atoms with Gasteiger partial charge < -0.3 is 0 Å². The summed E-state index contributed by atoms with van der Waals surface area (Å²) in [6.45, 7) is 0. The number of aryl methyl sites for hydroxylation is 1. The first-order valence-electron chi connectivity index (χ1n) is 5.88. The summed E-state index contributed by atoms with van der Waals surface area (Å²) in [5.41, 5.74) is 3.56. The monoisotopic (exact) mass is 323 g/mol. The van der Waals surface area contributed by atoms with Crippen LogP contribution in [0.4, 0.5) is 0 Å². The Labute approximate surface area is 119 Å². The van der Waals surface area contributed by atoms with Crippen LogP contribution in [-0.4, -0.2) is 16.8 Å². The number of rotatable bonds is 0. The van der Waals surface area contributed by atoms with Crippen molar-refractivity contribution >= 4 is 39.5 Å². The van der Waals surface area contributed by atoms with Crippen LogP contribution in [0.3, 0.4) is 0 Å². The molecule has 92 valence electrons. The highest BCUT2D eigenvalue weighted by atomic mass is 79.9. The van der Waals surface area contributed by atoms with E-state index in [-0.39, 0.29) is 10.6 Å². The molecular formula is C14H11BrClNO. The van der Waals surface area contributed by atoms with Gasteiger partial charge in [-0.25, -0.2) is 0 Å². The second kappa shape index (κ2) is 4.63. The molecule has 3 rings (SSSR count). The Morgan fingerprint density at radius 3 is 3.00 bits per heavy atom. The molecule has 0 amide bonds. The van der Waals surface area contributed by atoms with E-state index in [0.717, 1.165) is 36.0 Å². The molecule has 1 aliphatic carbocycles.